The summed E-state index contributed by atoms with van der Waals surface area (Å²) in [5.41, 5.74) is -1.21. The molecule has 0 bridgehead atoms. The Morgan fingerprint density at radius 2 is 1.87 bits per heavy atom. The molecule has 0 spiro atoms. The molecule has 0 saturated heterocycles. The maximum atomic E-state index is 13.1. The molecule has 0 aliphatic heterocycles. The molecule has 7 heteroatoms. The highest BCUT2D eigenvalue weighted by Crippen LogP contribution is 2.57. The molecule has 0 radical (unpaired) electrons. The number of nitrogens with one attached hydrogen (secondary N) is 1. The normalized spacial score (nSPS) is 23.0. The van der Waals surface area contributed by atoms with Gasteiger partial charge in [-0.2, -0.15) is 0 Å². The van der Waals surface area contributed by atoms with Crippen LogP contribution >= 0.6 is 0 Å². The van der Waals surface area contributed by atoms with E-state index in [2.05, 4.69) is 15.0 Å². The lowest BCUT2D eigenvalue weighted by Gasteiger charge is -2.40. The summed E-state index contributed by atoms with van der Waals surface area (Å²) in [6, 6.07) is 5.31. The van der Waals surface area contributed by atoms with Crippen molar-refractivity contribution in [3.63, 3.8) is 0 Å². The third-order valence-corrected chi connectivity index (χ3v) is 6.26. The van der Waals surface area contributed by atoms with Crippen LogP contribution in [0.25, 0.3) is 0 Å². The van der Waals surface area contributed by atoms with Gasteiger partial charge in [0.05, 0.1) is 18.9 Å². The van der Waals surface area contributed by atoms with Crippen molar-refractivity contribution in [2.75, 3.05) is 12.4 Å². The number of anilines is 1. The fraction of sp³-hybridized carbons (Fsp3) is 0.652. The molecule has 1 fully saturated rings. The second kappa shape index (κ2) is 8.74. The first-order chi connectivity index (χ1) is 13.8. The minimum atomic E-state index is -0.752. The van der Waals surface area contributed by atoms with Crippen molar-refractivity contribution >= 4 is 23.7 Å². The number of hydrogen-bond acceptors (Lipinski definition) is 6. The Kier molecular flexibility index (Phi) is 6.94. The van der Waals surface area contributed by atoms with Crippen LogP contribution in [0.15, 0.2) is 18.2 Å². The van der Waals surface area contributed by atoms with Gasteiger partial charge >= 0.3 is 11.9 Å². The Bertz CT molecular complexity index is 812. The molecule has 1 aromatic heterocycles. The van der Waals surface area contributed by atoms with E-state index in [4.69, 9.17) is 4.74 Å². The number of methoxy groups -OCH3 is 1. The number of pyridine rings is 1. The highest BCUT2D eigenvalue weighted by molar-refractivity contribution is 5.93. The lowest BCUT2D eigenvalue weighted by Crippen LogP contribution is -2.46. The summed E-state index contributed by atoms with van der Waals surface area (Å²) in [7, 11) is 1.35. The van der Waals surface area contributed by atoms with Gasteiger partial charge < -0.3 is 14.8 Å². The molecular formula is C23H34N2O5. The van der Waals surface area contributed by atoms with Crippen molar-refractivity contribution in [3.8, 4) is 0 Å². The van der Waals surface area contributed by atoms with Crippen molar-refractivity contribution in [2.24, 2.45) is 16.7 Å². The van der Waals surface area contributed by atoms with Gasteiger partial charge in [-0.1, -0.05) is 19.9 Å². The third-order valence-electron chi connectivity index (χ3n) is 6.26. The van der Waals surface area contributed by atoms with E-state index in [-0.39, 0.29) is 30.2 Å². The van der Waals surface area contributed by atoms with Gasteiger partial charge in [-0.25, -0.2) is 4.98 Å². The minimum absolute atomic E-state index is 0.162. The van der Waals surface area contributed by atoms with Crippen molar-refractivity contribution in [1.82, 2.24) is 4.98 Å². The summed E-state index contributed by atoms with van der Waals surface area (Å²) in [5, 5.41) is 2.89. The molecule has 1 aliphatic carbocycles. The summed E-state index contributed by atoms with van der Waals surface area (Å²) in [5.74, 6) is -0.650. The molecule has 7 nitrogen and oxygen atoms in total. The summed E-state index contributed by atoms with van der Waals surface area (Å²) in [6.45, 7) is 11.3. The smallest absolute Gasteiger partial charge is 0.312 e. The quantitative estimate of drug-likeness (QED) is 0.704. The summed E-state index contributed by atoms with van der Waals surface area (Å²) in [4.78, 5) is 41.8. The van der Waals surface area contributed by atoms with E-state index in [0.29, 0.717) is 30.8 Å². The number of hydrogen-bond donors (Lipinski definition) is 1. The molecule has 1 aromatic rings. The lowest BCUT2D eigenvalue weighted by atomic mass is 9.65. The Morgan fingerprint density at radius 3 is 2.47 bits per heavy atom. The van der Waals surface area contributed by atoms with Crippen LogP contribution in [0.2, 0.25) is 0 Å². The van der Waals surface area contributed by atoms with Crippen LogP contribution in [0.3, 0.4) is 0 Å². The number of ether oxygens (including phenoxy) is 2. The van der Waals surface area contributed by atoms with E-state index in [9.17, 15) is 14.4 Å². The highest BCUT2D eigenvalue weighted by atomic mass is 16.6. The van der Waals surface area contributed by atoms with Gasteiger partial charge in [-0.05, 0) is 58.1 Å². The van der Waals surface area contributed by atoms with Crippen LogP contribution < -0.4 is 5.32 Å². The van der Waals surface area contributed by atoms with Gasteiger partial charge in [0, 0.05) is 18.0 Å². The van der Waals surface area contributed by atoms with Crippen LogP contribution in [0, 0.1) is 16.7 Å². The maximum Gasteiger partial charge on any atom is 0.312 e. The predicted octanol–water partition coefficient (Wildman–Crippen LogP) is 3.91. The third kappa shape index (κ3) is 5.18. The summed E-state index contributed by atoms with van der Waals surface area (Å²) >= 11 is 0. The first-order valence-corrected chi connectivity index (χ1v) is 10.4. The van der Waals surface area contributed by atoms with Crippen molar-refractivity contribution in [1.29, 1.82) is 0 Å². The zero-order chi connectivity index (χ0) is 22.7. The molecule has 2 rings (SSSR count). The van der Waals surface area contributed by atoms with Gasteiger partial charge in [-0.3, -0.25) is 14.4 Å². The number of carbonyl (C=O) groups excluding carboxylic acids is 3. The number of rotatable bonds is 6. The summed E-state index contributed by atoms with van der Waals surface area (Å²) in [6.07, 6.45) is 1.84. The van der Waals surface area contributed by atoms with Crippen LogP contribution in [-0.2, 0) is 30.3 Å². The number of carbonyl (C=O) groups is 3. The number of esters is 2. The van der Waals surface area contributed by atoms with E-state index in [1.54, 1.807) is 18.2 Å². The number of nitrogens with zero attached hydrogens (tertiary/aromatic N) is 1. The first kappa shape index (κ1) is 23.8. The molecule has 2 atom stereocenters. The van der Waals surface area contributed by atoms with E-state index in [0.717, 1.165) is 0 Å². The van der Waals surface area contributed by atoms with Crippen LogP contribution in [-0.4, -0.2) is 35.5 Å². The second-order valence-corrected chi connectivity index (χ2v) is 9.73. The highest BCUT2D eigenvalue weighted by Gasteiger charge is 2.59. The average molecular weight is 419 g/mol. The lowest BCUT2D eigenvalue weighted by molar-refractivity contribution is -0.173. The van der Waals surface area contributed by atoms with Gasteiger partial charge in [-0.15, -0.1) is 0 Å². The zero-order valence-electron chi connectivity index (χ0n) is 19.1. The fourth-order valence-electron chi connectivity index (χ4n) is 3.95. The van der Waals surface area contributed by atoms with Gasteiger partial charge in [0.2, 0.25) is 5.91 Å². The molecule has 1 N–H and O–H groups in total. The standard InChI is InChI=1S/C23H34N2O5/c1-21(2,3)30-20(28)23(6)14-13-16(22(23,4)5)19(27)25-17-10-8-9-15(24-17)11-12-18(26)29-7/h8-10,16H,11-14H2,1-7H3,(H,24,25,27). The van der Waals surface area contributed by atoms with Crippen molar-refractivity contribution in [3.05, 3.63) is 23.9 Å². The minimum Gasteiger partial charge on any atom is -0.469 e. The van der Waals surface area contributed by atoms with Crippen LogP contribution in [0.1, 0.15) is 66.5 Å². The molecule has 1 amide bonds. The van der Waals surface area contributed by atoms with Crippen LogP contribution in [0.4, 0.5) is 5.82 Å². The largest absolute Gasteiger partial charge is 0.469 e. The Morgan fingerprint density at radius 1 is 1.20 bits per heavy atom. The van der Waals surface area contributed by atoms with E-state index >= 15 is 0 Å². The number of aromatic nitrogens is 1. The molecule has 1 heterocycles. The first-order valence-electron chi connectivity index (χ1n) is 10.4. The SMILES string of the molecule is COC(=O)CCc1cccc(NC(=O)C2CCC(C)(C(=O)OC(C)(C)C)C2(C)C)n1. The van der Waals surface area contributed by atoms with E-state index in [1.807, 2.05) is 41.5 Å². The number of amides is 1. The van der Waals surface area contributed by atoms with Gasteiger partial charge in [0.1, 0.15) is 11.4 Å². The molecule has 166 valence electrons. The van der Waals surface area contributed by atoms with Crippen molar-refractivity contribution in [2.45, 2.75) is 72.8 Å². The number of aryl methyl sites for hydroxylation is 1. The van der Waals surface area contributed by atoms with E-state index in [1.165, 1.54) is 7.11 Å². The van der Waals surface area contributed by atoms with Crippen LogP contribution in [0.5, 0.6) is 0 Å². The van der Waals surface area contributed by atoms with Gasteiger partial charge in [0.25, 0.3) is 0 Å². The zero-order valence-corrected chi connectivity index (χ0v) is 19.1. The molecule has 30 heavy (non-hydrogen) atoms. The maximum absolute atomic E-state index is 13.1. The Balaban J connectivity index is 2.11. The molecule has 2 unspecified atom stereocenters. The Labute approximate surface area is 178 Å². The predicted molar refractivity (Wildman–Crippen MR) is 114 cm³/mol. The molecule has 0 aromatic carbocycles. The van der Waals surface area contributed by atoms with E-state index < -0.39 is 16.4 Å². The van der Waals surface area contributed by atoms with Gasteiger partial charge in [0.15, 0.2) is 0 Å². The van der Waals surface area contributed by atoms with Crippen molar-refractivity contribution < 1.29 is 23.9 Å². The molecule has 1 saturated carbocycles. The Hall–Kier alpha value is -2.44. The molecule has 1 aliphatic rings. The topological polar surface area (TPSA) is 94.6 Å². The molecular weight excluding hydrogens is 384 g/mol. The summed E-state index contributed by atoms with van der Waals surface area (Å²) < 4.78 is 10.3. The fourth-order valence-corrected chi connectivity index (χ4v) is 3.95. The second-order valence-electron chi connectivity index (χ2n) is 9.73. The average Bonchev–Trinajstić information content (AvgIpc) is 2.89. The monoisotopic (exact) mass is 418 g/mol.